The maximum absolute atomic E-state index is 10.6. The second-order valence-corrected chi connectivity index (χ2v) is 5.72. The number of morpholine rings is 1. The largest absolute Gasteiger partial charge is 0.478 e. The molecule has 0 unspecified atom stereocenters. The maximum atomic E-state index is 10.6. The first-order chi connectivity index (χ1) is 12.2. The van der Waals surface area contributed by atoms with E-state index in [9.17, 15) is 4.79 Å². The minimum atomic E-state index is -0.964. The monoisotopic (exact) mass is 336 g/mol. The molecule has 1 fully saturated rings. The number of ether oxygens (including phenoxy) is 1. The molecule has 1 heterocycles. The average molecular weight is 336 g/mol. The third kappa shape index (κ3) is 5.02. The number of carboxylic acid groups (broad SMARTS) is 1. The maximum Gasteiger partial charge on any atom is 0.328 e. The van der Waals surface area contributed by atoms with Crippen molar-refractivity contribution in [3.63, 3.8) is 0 Å². The summed E-state index contributed by atoms with van der Waals surface area (Å²) in [5.74, 6) is -0.964. The fraction of sp³-hybridized carbons (Fsp3) is 0.200. The number of benzene rings is 2. The zero-order valence-electron chi connectivity index (χ0n) is 13.8. The van der Waals surface area contributed by atoms with Gasteiger partial charge in [0.2, 0.25) is 0 Å². The fourth-order valence-corrected chi connectivity index (χ4v) is 2.62. The molecule has 0 aliphatic carbocycles. The van der Waals surface area contributed by atoms with Crippen LogP contribution in [0.4, 0.5) is 11.4 Å². The number of carbonyl (C=O) groups is 1. The number of carboxylic acids is 1. The van der Waals surface area contributed by atoms with Gasteiger partial charge in [-0.15, -0.1) is 0 Å². The van der Waals surface area contributed by atoms with Gasteiger partial charge in [0.05, 0.1) is 18.9 Å². The Morgan fingerprint density at radius 2 is 1.84 bits per heavy atom. The van der Waals surface area contributed by atoms with E-state index in [1.165, 1.54) is 5.69 Å². The van der Waals surface area contributed by atoms with Crippen molar-refractivity contribution in [3.05, 3.63) is 65.7 Å². The van der Waals surface area contributed by atoms with E-state index >= 15 is 0 Å². The molecule has 128 valence electrons. The van der Waals surface area contributed by atoms with Gasteiger partial charge in [0.1, 0.15) is 0 Å². The van der Waals surface area contributed by atoms with Gasteiger partial charge in [0.15, 0.2) is 0 Å². The summed E-state index contributed by atoms with van der Waals surface area (Å²) in [5.41, 5.74) is 3.80. The molecule has 0 aromatic heterocycles. The predicted octanol–water partition coefficient (Wildman–Crippen LogP) is 3.37. The van der Waals surface area contributed by atoms with Crippen LogP contribution in [0.5, 0.6) is 0 Å². The molecular weight excluding hydrogens is 316 g/mol. The molecule has 1 saturated heterocycles. The minimum absolute atomic E-state index is 0.774. The Hall–Kier alpha value is -2.92. The summed E-state index contributed by atoms with van der Waals surface area (Å²) in [6.07, 6.45) is 4.48. The lowest BCUT2D eigenvalue weighted by atomic mass is 10.2. The molecule has 0 bridgehead atoms. The van der Waals surface area contributed by atoms with Gasteiger partial charge >= 0.3 is 5.97 Å². The van der Waals surface area contributed by atoms with Crippen LogP contribution in [0, 0.1) is 0 Å². The molecule has 0 radical (unpaired) electrons. The van der Waals surface area contributed by atoms with E-state index in [2.05, 4.69) is 22.0 Å². The zero-order chi connectivity index (χ0) is 17.5. The van der Waals surface area contributed by atoms with Crippen LogP contribution in [0.2, 0.25) is 0 Å². The number of hydrogen-bond donors (Lipinski definition) is 1. The summed E-state index contributed by atoms with van der Waals surface area (Å²) in [7, 11) is 0. The fourth-order valence-electron chi connectivity index (χ4n) is 2.62. The Balaban J connectivity index is 1.67. The number of anilines is 1. The first-order valence-electron chi connectivity index (χ1n) is 8.19. The van der Waals surface area contributed by atoms with Gasteiger partial charge in [-0.1, -0.05) is 24.3 Å². The molecule has 2 aromatic carbocycles. The van der Waals surface area contributed by atoms with Crippen LogP contribution in [0.1, 0.15) is 11.1 Å². The second-order valence-electron chi connectivity index (χ2n) is 5.72. The quantitative estimate of drug-likeness (QED) is 0.672. The highest BCUT2D eigenvalue weighted by atomic mass is 16.5. The van der Waals surface area contributed by atoms with Crippen LogP contribution in [0.25, 0.3) is 6.08 Å². The number of nitrogens with zero attached hydrogens (tertiary/aromatic N) is 2. The first-order valence-corrected chi connectivity index (χ1v) is 8.19. The normalized spacial score (nSPS) is 15.1. The standard InChI is InChI=1S/C20H20N2O3/c23-20(24)9-6-16-2-1-3-18(14-16)21-15-17-4-7-19(8-5-17)22-10-12-25-13-11-22/h1-9,14-15H,10-13H2,(H,23,24)/b9-6+,21-15?. The van der Waals surface area contributed by atoms with Gasteiger partial charge in [-0.3, -0.25) is 4.99 Å². The van der Waals surface area contributed by atoms with E-state index in [0.29, 0.717) is 0 Å². The molecule has 5 heteroatoms. The van der Waals surface area contributed by atoms with Crippen molar-refractivity contribution < 1.29 is 14.6 Å². The topological polar surface area (TPSA) is 62.1 Å². The highest BCUT2D eigenvalue weighted by Gasteiger charge is 2.10. The summed E-state index contributed by atoms with van der Waals surface area (Å²) in [6.45, 7) is 3.39. The van der Waals surface area contributed by atoms with Crippen LogP contribution in [0.15, 0.2) is 59.6 Å². The van der Waals surface area contributed by atoms with Crippen LogP contribution in [0.3, 0.4) is 0 Å². The molecule has 5 nitrogen and oxygen atoms in total. The average Bonchev–Trinajstić information content (AvgIpc) is 2.66. The van der Waals surface area contributed by atoms with Crippen LogP contribution >= 0.6 is 0 Å². The molecule has 0 saturated carbocycles. The summed E-state index contributed by atoms with van der Waals surface area (Å²) in [5, 5.41) is 8.69. The molecule has 3 rings (SSSR count). The Labute approximate surface area is 146 Å². The lowest BCUT2D eigenvalue weighted by Crippen LogP contribution is -2.36. The summed E-state index contributed by atoms with van der Waals surface area (Å²) in [4.78, 5) is 17.4. The molecule has 1 aliphatic rings. The smallest absolute Gasteiger partial charge is 0.328 e. The lowest BCUT2D eigenvalue weighted by molar-refractivity contribution is -0.131. The summed E-state index contributed by atoms with van der Waals surface area (Å²) >= 11 is 0. The summed E-state index contributed by atoms with van der Waals surface area (Å²) < 4.78 is 5.37. The van der Waals surface area contributed by atoms with Crippen molar-refractivity contribution in [2.75, 3.05) is 31.2 Å². The minimum Gasteiger partial charge on any atom is -0.478 e. The van der Waals surface area contributed by atoms with Gasteiger partial charge in [-0.25, -0.2) is 4.79 Å². The molecule has 25 heavy (non-hydrogen) atoms. The first kappa shape index (κ1) is 16.9. The van der Waals surface area contributed by atoms with E-state index in [4.69, 9.17) is 9.84 Å². The Bertz CT molecular complexity index is 776. The highest BCUT2D eigenvalue weighted by molar-refractivity contribution is 5.86. The van der Waals surface area contributed by atoms with Gasteiger partial charge in [-0.05, 0) is 41.5 Å². The van der Waals surface area contributed by atoms with E-state index in [0.717, 1.165) is 49.2 Å². The number of aliphatic carboxylic acids is 1. The second kappa shape index (κ2) is 8.26. The van der Waals surface area contributed by atoms with Crippen LogP contribution in [-0.2, 0) is 9.53 Å². The molecule has 1 N–H and O–H groups in total. The molecule has 0 spiro atoms. The third-order valence-electron chi connectivity index (χ3n) is 3.92. The molecule has 2 aromatic rings. The number of rotatable bonds is 5. The summed E-state index contributed by atoms with van der Waals surface area (Å²) in [6, 6.07) is 15.7. The third-order valence-corrected chi connectivity index (χ3v) is 3.92. The Kier molecular flexibility index (Phi) is 5.59. The number of hydrogen-bond acceptors (Lipinski definition) is 4. The van der Waals surface area contributed by atoms with Crippen molar-refractivity contribution in [3.8, 4) is 0 Å². The van der Waals surface area contributed by atoms with Crippen molar-refractivity contribution in [1.82, 2.24) is 0 Å². The predicted molar refractivity (Wildman–Crippen MR) is 99.8 cm³/mol. The highest BCUT2D eigenvalue weighted by Crippen LogP contribution is 2.18. The van der Waals surface area contributed by atoms with Gasteiger partial charge in [0.25, 0.3) is 0 Å². The SMILES string of the molecule is O=C(O)/C=C/c1cccc(N=Cc2ccc(N3CCOCC3)cc2)c1. The van der Waals surface area contributed by atoms with Crippen LogP contribution in [-0.4, -0.2) is 43.6 Å². The molecular formula is C20H20N2O3. The van der Waals surface area contributed by atoms with Crippen molar-refractivity contribution in [2.24, 2.45) is 4.99 Å². The van der Waals surface area contributed by atoms with E-state index < -0.39 is 5.97 Å². The van der Waals surface area contributed by atoms with Gasteiger partial charge in [-0.2, -0.15) is 0 Å². The van der Waals surface area contributed by atoms with Gasteiger partial charge in [0, 0.05) is 31.1 Å². The number of aliphatic imine (C=N–C) groups is 1. The molecule has 0 atom stereocenters. The van der Waals surface area contributed by atoms with Crippen molar-refractivity contribution >= 4 is 29.6 Å². The van der Waals surface area contributed by atoms with Crippen molar-refractivity contribution in [1.29, 1.82) is 0 Å². The van der Waals surface area contributed by atoms with E-state index in [1.807, 2.05) is 42.6 Å². The van der Waals surface area contributed by atoms with Crippen LogP contribution < -0.4 is 4.90 Å². The van der Waals surface area contributed by atoms with Gasteiger partial charge < -0.3 is 14.7 Å². The Morgan fingerprint density at radius 3 is 2.56 bits per heavy atom. The lowest BCUT2D eigenvalue weighted by Gasteiger charge is -2.28. The molecule has 1 aliphatic heterocycles. The van der Waals surface area contributed by atoms with E-state index in [1.54, 1.807) is 6.08 Å². The zero-order valence-corrected chi connectivity index (χ0v) is 13.8. The van der Waals surface area contributed by atoms with E-state index in [-0.39, 0.29) is 0 Å². The van der Waals surface area contributed by atoms with Crippen molar-refractivity contribution in [2.45, 2.75) is 0 Å². The molecule has 0 amide bonds. The Morgan fingerprint density at radius 1 is 1.08 bits per heavy atom.